The van der Waals surface area contributed by atoms with Crippen molar-refractivity contribution in [2.75, 3.05) is 32.1 Å². The van der Waals surface area contributed by atoms with Gasteiger partial charge in [-0.25, -0.2) is 16.8 Å². The van der Waals surface area contributed by atoms with E-state index in [-0.39, 0.29) is 28.6 Å². The molecule has 1 aromatic rings. The summed E-state index contributed by atoms with van der Waals surface area (Å²) in [6.07, 6.45) is 3.55. The fourth-order valence-electron chi connectivity index (χ4n) is 3.26. The summed E-state index contributed by atoms with van der Waals surface area (Å²) in [6.45, 7) is 1.65. The molecule has 9 heteroatoms. The average Bonchev–Trinajstić information content (AvgIpc) is 2.90. The van der Waals surface area contributed by atoms with Crippen LogP contribution in [0.2, 0.25) is 0 Å². The van der Waals surface area contributed by atoms with E-state index in [9.17, 15) is 21.9 Å². The summed E-state index contributed by atoms with van der Waals surface area (Å²) in [5.74, 6) is -0.0769. The number of sulfonamides is 1. The van der Waals surface area contributed by atoms with Crippen LogP contribution < -0.4 is 0 Å². The minimum atomic E-state index is -3.68. The fourth-order valence-corrected chi connectivity index (χ4v) is 6.20. The average molecular weight is 416 g/mol. The number of aliphatic hydroxyl groups is 1. The van der Waals surface area contributed by atoms with Gasteiger partial charge in [0.2, 0.25) is 10.0 Å². The summed E-state index contributed by atoms with van der Waals surface area (Å²) in [7, 11) is -7.22. The summed E-state index contributed by atoms with van der Waals surface area (Å²) in [6, 6.07) is 5.40. The highest BCUT2D eigenvalue weighted by molar-refractivity contribution is 7.91. The Labute approximate surface area is 160 Å². The van der Waals surface area contributed by atoms with Crippen LogP contribution in [0, 0.1) is 0 Å². The van der Waals surface area contributed by atoms with Crippen molar-refractivity contribution in [3.8, 4) is 0 Å². The number of sulfone groups is 1. The second-order valence-corrected chi connectivity index (χ2v) is 10.8. The van der Waals surface area contributed by atoms with Crippen molar-refractivity contribution >= 4 is 19.9 Å². The first-order chi connectivity index (χ1) is 12.8. The van der Waals surface area contributed by atoms with E-state index in [0.717, 1.165) is 5.57 Å². The molecule has 0 radical (unpaired) electrons. The number of piperidine rings is 1. The van der Waals surface area contributed by atoms with Crippen LogP contribution >= 0.6 is 0 Å². The highest BCUT2D eigenvalue weighted by Crippen LogP contribution is 2.23. The van der Waals surface area contributed by atoms with Crippen molar-refractivity contribution in [3.05, 3.63) is 35.9 Å². The molecule has 27 heavy (non-hydrogen) atoms. The molecule has 0 aliphatic carbocycles. The molecule has 0 amide bonds. The van der Waals surface area contributed by atoms with Gasteiger partial charge < -0.3 is 9.84 Å². The lowest BCUT2D eigenvalue weighted by atomic mass is 10.1. The Balaban J connectivity index is 1.75. The summed E-state index contributed by atoms with van der Waals surface area (Å²) in [5, 5.41) is 9.54. The van der Waals surface area contributed by atoms with Crippen LogP contribution in [0.5, 0.6) is 0 Å². The molecule has 7 nitrogen and oxygen atoms in total. The highest BCUT2D eigenvalue weighted by atomic mass is 32.2. The second kappa shape index (κ2) is 8.40. The zero-order valence-electron chi connectivity index (χ0n) is 15.1. The predicted molar refractivity (Wildman–Crippen MR) is 101 cm³/mol. The largest absolute Gasteiger partial charge is 0.393 e. The molecule has 3 rings (SSSR count). The van der Waals surface area contributed by atoms with E-state index in [2.05, 4.69) is 0 Å². The molecule has 1 saturated heterocycles. The maximum atomic E-state index is 12.7. The molecule has 2 aliphatic heterocycles. The Morgan fingerprint density at radius 2 is 1.63 bits per heavy atom. The van der Waals surface area contributed by atoms with Crippen LogP contribution in [0.15, 0.2) is 45.7 Å². The van der Waals surface area contributed by atoms with Crippen molar-refractivity contribution in [2.45, 2.75) is 41.6 Å². The summed E-state index contributed by atoms with van der Waals surface area (Å²) >= 11 is 0. The molecule has 2 aliphatic rings. The first-order valence-electron chi connectivity index (χ1n) is 9.06. The molecule has 1 fully saturated rings. The smallest absolute Gasteiger partial charge is 0.243 e. The fraction of sp³-hybridized carbons (Fsp3) is 0.556. The van der Waals surface area contributed by atoms with Gasteiger partial charge in [0, 0.05) is 13.1 Å². The minimum Gasteiger partial charge on any atom is -0.393 e. The number of hydrogen-bond acceptors (Lipinski definition) is 6. The van der Waals surface area contributed by atoms with E-state index in [0.29, 0.717) is 38.9 Å². The van der Waals surface area contributed by atoms with E-state index in [1.54, 1.807) is 0 Å². The van der Waals surface area contributed by atoms with E-state index < -0.39 is 26.0 Å². The molecule has 0 unspecified atom stereocenters. The molecule has 0 bridgehead atoms. The van der Waals surface area contributed by atoms with E-state index >= 15 is 0 Å². The summed E-state index contributed by atoms with van der Waals surface area (Å²) < 4.78 is 57.3. The standard InChI is InChI=1S/C18H25NO6S2/c20-16-7-10-19(11-8-16)27(23,24)18-5-3-17(4-6-18)26(21,22)14-15-2-1-12-25-13-9-15/h2-6,16,20H,1,7-14H2. The van der Waals surface area contributed by atoms with Gasteiger partial charge in [-0.1, -0.05) is 11.6 Å². The lowest BCUT2D eigenvalue weighted by Gasteiger charge is -2.28. The molecular formula is C18H25NO6S2. The van der Waals surface area contributed by atoms with Crippen molar-refractivity contribution < 1.29 is 26.7 Å². The molecule has 1 aromatic carbocycles. The maximum absolute atomic E-state index is 12.7. The highest BCUT2D eigenvalue weighted by Gasteiger charge is 2.29. The van der Waals surface area contributed by atoms with Crippen LogP contribution in [0.4, 0.5) is 0 Å². The first kappa shape index (κ1) is 20.5. The maximum Gasteiger partial charge on any atom is 0.243 e. The van der Waals surface area contributed by atoms with Gasteiger partial charge in [-0.15, -0.1) is 0 Å². The predicted octanol–water partition coefficient (Wildman–Crippen LogP) is 1.34. The van der Waals surface area contributed by atoms with Gasteiger partial charge in [0.15, 0.2) is 9.84 Å². The van der Waals surface area contributed by atoms with Gasteiger partial charge in [-0.2, -0.15) is 4.31 Å². The third-order valence-corrected chi connectivity index (χ3v) is 8.54. The number of ether oxygens (including phenoxy) is 1. The third kappa shape index (κ3) is 4.97. The normalized spacial score (nSPS) is 20.9. The number of nitrogens with zero attached hydrogens (tertiary/aromatic N) is 1. The first-order valence-corrected chi connectivity index (χ1v) is 12.1. The SMILES string of the molecule is O=S(=O)(CC1=CCCOCC1)c1ccc(S(=O)(=O)N2CCC(O)CC2)cc1. The van der Waals surface area contributed by atoms with Crippen LogP contribution in [-0.4, -0.2) is 64.4 Å². The molecular weight excluding hydrogens is 390 g/mol. The molecule has 150 valence electrons. The lowest BCUT2D eigenvalue weighted by Crippen LogP contribution is -2.39. The van der Waals surface area contributed by atoms with E-state index in [4.69, 9.17) is 4.74 Å². The van der Waals surface area contributed by atoms with Gasteiger partial charge in [-0.05, 0) is 49.9 Å². The monoisotopic (exact) mass is 415 g/mol. The molecule has 2 heterocycles. The van der Waals surface area contributed by atoms with Gasteiger partial charge in [0.05, 0.1) is 34.9 Å². The number of aliphatic hydroxyl groups excluding tert-OH is 1. The topological polar surface area (TPSA) is 101 Å². The Hall–Kier alpha value is -1.26. The Bertz CT molecular complexity index is 882. The zero-order chi connectivity index (χ0) is 19.5. The van der Waals surface area contributed by atoms with Gasteiger partial charge in [0.25, 0.3) is 0 Å². The van der Waals surface area contributed by atoms with E-state index in [1.165, 1.54) is 28.6 Å². The number of benzene rings is 1. The molecule has 0 spiro atoms. The lowest BCUT2D eigenvalue weighted by molar-refractivity contribution is 0.113. The van der Waals surface area contributed by atoms with Crippen LogP contribution in [-0.2, 0) is 24.6 Å². The van der Waals surface area contributed by atoms with Crippen LogP contribution in [0.25, 0.3) is 0 Å². The third-order valence-electron chi connectivity index (χ3n) is 4.88. The van der Waals surface area contributed by atoms with Crippen molar-refractivity contribution in [3.63, 3.8) is 0 Å². The number of hydrogen-bond donors (Lipinski definition) is 1. The van der Waals surface area contributed by atoms with Gasteiger partial charge in [-0.3, -0.25) is 0 Å². The van der Waals surface area contributed by atoms with E-state index in [1.807, 2.05) is 6.08 Å². The summed E-state index contributed by atoms with van der Waals surface area (Å²) in [5.41, 5.74) is 0.830. The zero-order valence-corrected chi connectivity index (χ0v) is 16.7. The van der Waals surface area contributed by atoms with Crippen LogP contribution in [0.1, 0.15) is 25.7 Å². The minimum absolute atomic E-state index is 0.0694. The van der Waals surface area contributed by atoms with Crippen molar-refractivity contribution in [1.29, 1.82) is 0 Å². The summed E-state index contributed by atoms with van der Waals surface area (Å²) in [4.78, 5) is 0.182. The second-order valence-electron chi connectivity index (χ2n) is 6.88. The van der Waals surface area contributed by atoms with Gasteiger partial charge >= 0.3 is 0 Å². The molecule has 1 N–H and O–H groups in total. The van der Waals surface area contributed by atoms with Crippen molar-refractivity contribution in [1.82, 2.24) is 4.31 Å². The van der Waals surface area contributed by atoms with Crippen molar-refractivity contribution in [2.24, 2.45) is 0 Å². The molecule has 0 aromatic heterocycles. The Morgan fingerprint density at radius 1 is 1.00 bits per heavy atom. The Morgan fingerprint density at radius 3 is 2.30 bits per heavy atom. The Kier molecular flexibility index (Phi) is 6.37. The number of rotatable bonds is 5. The van der Waals surface area contributed by atoms with Gasteiger partial charge in [0.1, 0.15) is 0 Å². The quantitative estimate of drug-likeness (QED) is 0.729. The van der Waals surface area contributed by atoms with Crippen LogP contribution in [0.3, 0.4) is 0 Å². The molecule has 0 saturated carbocycles. The molecule has 0 atom stereocenters.